The Morgan fingerprint density at radius 3 is 2.50 bits per heavy atom. The maximum atomic E-state index is 10.6. The minimum Gasteiger partial charge on any atom is -0.389 e. The molecule has 0 amide bonds. The monoisotopic (exact) mass is 248 g/mol. The molecule has 0 saturated carbocycles. The first kappa shape index (κ1) is 13.5. The first-order valence-corrected chi connectivity index (χ1v) is 7.04. The van der Waals surface area contributed by atoms with Crippen LogP contribution in [0.5, 0.6) is 0 Å². The second-order valence-corrected chi connectivity index (χ2v) is 5.35. The van der Waals surface area contributed by atoms with Gasteiger partial charge in [-0.15, -0.1) is 0 Å². The van der Waals surface area contributed by atoms with Gasteiger partial charge < -0.3 is 10.0 Å². The van der Waals surface area contributed by atoms with E-state index in [0.717, 1.165) is 44.6 Å². The molecular formula is C15H24N2O. The van der Waals surface area contributed by atoms with Crippen LogP contribution in [0.25, 0.3) is 0 Å². The van der Waals surface area contributed by atoms with Crippen LogP contribution in [-0.2, 0) is 12.8 Å². The Labute approximate surface area is 110 Å². The highest BCUT2D eigenvalue weighted by atomic mass is 16.3. The number of aliphatic hydroxyl groups is 1. The van der Waals surface area contributed by atoms with Crippen molar-refractivity contribution < 1.29 is 5.11 Å². The molecule has 3 heteroatoms. The zero-order valence-corrected chi connectivity index (χ0v) is 11.5. The molecule has 1 N–H and O–H groups in total. The average Bonchev–Trinajstić information content (AvgIpc) is 2.40. The van der Waals surface area contributed by atoms with Gasteiger partial charge in [0.2, 0.25) is 0 Å². The van der Waals surface area contributed by atoms with Crippen molar-refractivity contribution in [3.63, 3.8) is 0 Å². The van der Waals surface area contributed by atoms with Crippen molar-refractivity contribution >= 4 is 0 Å². The third-order valence-electron chi connectivity index (χ3n) is 4.04. The lowest BCUT2D eigenvalue weighted by Gasteiger charge is -2.37. The fraction of sp³-hybridized carbons (Fsp3) is 0.667. The van der Waals surface area contributed by atoms with Gasteiger partial charge in [0.05, 0.1) is 5.60 Å². The topological polar surface area (TPSA) is 36.4 Å². The molecular weight excluding hydrogens is 224 g/mol. The number of piperidine rings is 1. The van der Waals surface area contributed by atoms with Crippen molar-refractivity contribution in [3.8, 4) is 0 Å². The first-order chi connectivity index (χ1) is 8.65. The van der Waals surface area contributed by atoms with Crippen LogP contribution < -0.4 is 0 Å². The van der Waals surface area contributed by atoms with E-state index in [2.05, 4.69) is 35.9 Å². The summed E-state index contributed by atoms with van der Waals surface area (Å²) in [6, 6.07) is 4.18. The van der Waals surface area contributed by atoms with Crippen molar-refractivity contribution in [2.45, 2.75) is 45.1 Å². The molecule has 1 saturated heterocycles. The summed E-state index contributed by atoms with van der Waals surface area (Å²) < 4.78 is 0. The molecule has 100 valence electrons. The summed E-state index contributed by atoms with van der Waals surface area (Å²) in [5.74, 6) is 0. The van der Waals surface area contributed by atoms with Gasteiger partial charge in [-0.3, -0.25) is 4.98 Å². The second-order valence-electron chi connectivity index (χ2n) is 5.35. The number of likely N-dealkylation sites (tertiary alicyclic amines) is 1. The van der Waals surface area contributed by atoms with Crippen LogP contribution in [0.2, 0.25) is 0 Å². The number of aryl methyl sites for hydroxylation is 1. The molecule has 0 aromatic carbocycles. The largest absolute Gasteiger partial charge is 0.389 e. The molecule has 1 aromatic rings. The van der Waals surface area contributed by atoms with E-state index >= 15 is 0 Å². The minimum absolute atomic E-state index is 0.549. The molecule has 2 rings (SSSR count). The standard InChI is InChI=1S/C15H24N2O/c1-3-13-5-6-14(16-12-13)11-15(18)7-9-17(4-2)10-8-15/h5-6,12,18H,3-4,7-11H2,1-2H3. The molecule has 2 heterocycles. The van der Waals surface area contributed by atoms with E-state index in [1.165, 1.54) is 5.56 Å². The quantitative estimate of drug-likeness (QED) is 0.886. The normalized spacial score (nSPS) is 19.9. The molecule has 3 nitrogen and oxygen atoms in total. The van der Waals surface area contributed by atoms with E-state index in [1.54, 1.807) is 0 Å². The van der Waals surface area contributed by atoms with Gasteiger partial charge in [0.15, 0.2) is 0 Å². The number of pyridine rings is 1. The molecule has 0 unspecified atom stereocenters. The van der Waals surface area contributed by atoms with E-state index in [0.29, 0.717) is 6.42 Å². The van der Waals surface area contributed by atoms with Gasteiger partial charge in [-0.1, -0.05) is 19.9 Å². The summed E-state index contributed by atoms with van der Waals surface area (Å²) in [6.45, 7) is 7.39. The fourth-order valence-electron chi connectivity index (χ4n) is 2.57. The maximum absolute atomic E-state index is 10.6. The summed E-state index contributed by atoms with van der Waals surface area (Å²) in [4.78, 5) is 6.85. The van der Waals surface area contributed by atoms with Gasteiger partial charge in [-0.25, -0.2) is 0 Å². The highest BCUT2D eigenvalue weighted by molar-refractivity contribution is 5.15. The molecule has 1 aromatic heterocycles. The van der Waals surface area contributed by atoms with Gasteiger partial charge in [-0.2, -0.15) is 0 Å². The highest BCUT2D eigenvalue weighted by Gasteiger charge is 2.32. The molecule has 0 bridgehead atoms. The summed E-state index contributed by atoms with van der Waals surface area (Å²) in [5.41, 5.74) is 1.72. The van der Waals surface area contributed by atoms with Crippen molar-refractivity contribution in [1.82, 2.24) is 9.88 Å². The van der Waals surface area contributed by atoms with Gasteiger partial charge in [0, 0.05) is 31.4 Å². The lowest BCUT2D eigenvalue weighted by molar-refractivity contribution is -0.0201. The lowest BCUT2D eigenvalue weighted by atomic mass is 9.87. The molecule has 1 aliphatic rings. The Morgan fingerprint density at radius 1 is 1.28 bits per heavy atom. The number of rotatable bonds is 4. The molecule has 0 aliphatic carbocycles. The SMILES string of the molecule is CCc1ccc(CC2(O)CCN(CC)CC2)nc1. The summed E-state index contributed by atoms with van der Waals surface area (Å²) >= 11 is 0. The predicted octanol–water partition coefficient (Wildman–Crippen LogP) is 2.03. The second kappa shape index (κ2) is 5.81. The Bertz CT molecular complexity index is 367. The van der Waals surface area contributed by atoms with E-state index < -0.39 is 5.60 Å². The van der Waals surface area contributed by atoms with Crippen LogP contribution in [0.15, 0.2) is 18.3 Å². The van der Waals surface area contributed by atoms with Crippen LogP contribution in [0, 0.1) is 0 Å². The summed E-state index contributed by atoms with van der Waals surface area (Å²) in [7, 11) is 0. The van der Waals surface area contributed by atoms with Gasteiger partial charge in [-0.05, 0) is 37.4 Å². The third kappa shape index (κ3) is 3.30. The van der Waals surface area contributed by atoms with E-state index in [9.17, 15) is 5.11 Å². The Kier molecular flexibility index (Phi) is 4.36. The number of hydrogen-bond donors (Lipinski definition) is 1. The van der Waals surface area contributed by atoms with Crippen LogP contribution in [0.1, 0.15) is 37.9 Å². The Balaban J connectivity index is 1.95. The molecule has 0 atom stereocenters. The zero-order chi connectivity index (χ0) is 13.0. The number of aromatic nitrogens is 1. The number of nitrogens with zero attached hydrogens (tertiary/aromatic N) is 2. The molecule has 0 radical (unpaired) electrons. The van der Waals surface area contributed by atoms with Gasteiger partial charge in [0.25, 0.3) is 0 Å². The molecule has 0 spiro atoms. The van der Waals surface area contributed by atoms with Crippen molar-refractivity contribution in [1.29, 1.82) is 0 Å². The summed E-state index contributed by atoms with van der Waals surface area (Å²) in [6.07, 6.45) is 5.35. The van der Waals surface area contributed by atoms with Crippen LogP contribution in [0.4, 0.5) is 0 Å². The van der Waals surface area contributed by atoms with Crippen LogP contribution >= 0.6 is 0 Å². The number of hydrogen-bond acceptors (Lipinski definition) is 3. The van der Waals surface area contributed by atoms with Crippen molar-refractivity contribution in [2.75, 3.05) is 19.6 Å². The predicted molar refractivity (Wildman–Crippen MR) is 73.6 cm³/mol. The molecule has 1 aliphatic heterocycles. The smallest absolute Gasteiger partial charge is 0.0727 e. The first-order valence-electron chi connectivity index (χ1n) is 7.04. The summed E-state index contributed by atoms with van der Waals surface area (Å²) in [5, 5.41) is 10.6. The average molecular weight is 248 g/mol. The zero-order valence-electron chi connectivity index (χ0n) is 11.5. The minimum atomic E-state index is -0.549. The van der Waals surface area contributed by atoms with Crippen molar-refractivity contribution in [2.24, 2.45) is 0 Å². The highest BCUT2D eigenvalue weighted by Crippen LogP contribution is 2.25. The molecule has 1 fully saturated rings. The van der Waals surface area contributed by atoms with Gasteiger partial charge >= 0.3 is 0 Å². The van der Waals surface area contributed by atoms with E-state index in [1.807, 2.05) is 6.20 Å². The van der Waals surface area contributed by atoms with Gasteiger partial charge in [0.1, 0.15) is 0 Å². The molecule has 18 heavy (non-hydrogen) atoms. The maximum Gasteiger partial charge on any atom is 0.0727 e. The lowest BCUT2D eigenvalue weighted by Crippen LogP contribution is -2.45. The van der Waals surface area contributed by atoms with E-state index in [-0.39, 0.29) is 0 Å². The third-order valence-corrected chi connectivity index (χ3v) is 4.04. The van der Waals surface area contributed by atoms with Crippen molar-refractivity contribution in [3.05, 3.63) is 29.6 Å². The van der Waals surface area contributed by atoms with Crippen LogP contribution in [-0.4, -0.2) is 40.2 Å². The van der Waals surface area contributed by atoms with Crippen LogP contribution in [0.3, 0.4) is 0 Å². The Hall–Kier alpha value is -0.930. The Morgan fingerprint density at radius 2 is 2.00 bits per heavy atom. The van der Waals surface area contributed by atoms with E-state index in [4.69, 9.17) is 0 Å². The fourth-order valence-corrected chi connectivity index (χ4v) is 2.57.